The summed E-state index contributed by atoms with van der Waals surface area (Å²) in [6, 6.07) is 4.91. The molecule has 0 radical (unpaired) electrons. The lowest BCUT2D eigenvalue weighted by atomic mass is 10.1. The summed E-state index contributed by atoms with van der Waals surface area (Å²) in [6.45, 7) is 1.46. The Bertz CT molecular complexity index is 769. The molecule has 9 heteroatoms. The van der Waals surface area contributed by atoms with E-state index in [1.807, 2.05) is 0 Å². The number of amides is 1. The Morgan fingerprint density at radius 3 is 2.33 bits per heavy atom. The Morgan fingerprint density at radius 1 is 1.19 bits per heavy atom. The van der Waals surface area contributed by atoms with Gasteiger partial charge in [0.15, 0.2) is 15.9 Å². The minimum atomic E-state index is -3.08. The smallest absolute Gasteiger partial charge is 0.306 e. The molecular weight excluding hydrogens is 374 g/mol. The molecule has 1 fully saturated rings. The van der Waals surface area contributed by atoms with E-state index in [4.69, 9.17) is 14.2 Å². The zero-order chi connectivity index (χ0) is 20.0. The fraction of sp³-hybridized carbons (Fsp3) is 0.556. The van der Waals surface area contributed by atoms with Crippen molar-refractivity contribution in [2.75, 3.05) is 25.7 Å². The third-order valence-electron chi connectivity index (χ3n) is 4.29. The molecule has 27 heavy (non-hydrogen) atoms. The van der Waals surface area contributed by atoms with Crippen molar-refractivity contribution in [2.24, 2.45) is 0 Å². The maximum atomic E-state index is 12.1. The van der Waals surface area contributed by atoms with Crippen molar-refractivity contribution >= 4 is 21.7 Å². The highest BCUT2D eigenvalue weighted by molar-refractivity contribution is 7.91. The number of sulfone groups is 1. The zero-order valence-electron chi connectivity index (χ0n) is 15.7. The van der Waals surface area contributed by atoms with Crippen molar-refractivity contribution in [2.45, 2.75) is 38.3 Å². The SMILES string of the molecule is COc1cc(CCC(=O)O[C@@H](C)C(=O)N[C@H]2CCS(=O)(=O)C2)cc(OC)c1. The third-order valence-corrected chi connectivity index (χ3v) is 6.05. The van der Waals surface area contributed by atoms with Crippen LogP contribution in [0.25, 0.3) is 0 Å². The molecule has 0 bridgehead atoms. The average Bonchev–Trinajstić information content (AvgIpc) is 2.97. The summed E-state index contributed by atoms with van der Waals surface area (Å²) in [6.07, 6.45) is -0.111. The molecule has 1 aliphatic heterocycles. The molecule has 1 saturated heterocycles. The van der Waals surface area contributed by atoms with Crippen LogP contribution in [0.4, 0.5) is 0 Å². The van der Waals surface area contributed by atoms with Gasteiger partial charge >= 0.3 is 5.97 Å². The van der Waals surface area contributed by atoms with E-state index < -0.39 is 33.9 Å². The first-order chi connectivity index (χ1) is 12.7. The van der Waals surface area contributed by atoms with E-state index in [1.54, 1.807) is 32.4 Å². The highest BCUT2D eigenvalue weighted by Gasteiger charge is 2.30. The molecule has 1 aliphatic rings. The number of methoxy groups -OCH3 is 2. The second kappa shape index (κ2) is 9.07. The second-order valence-corrected chi connectivity index (χ2v) is 8.69. The van der Waals surface area contributed by atoms with Crippen LogP contribution >= 0.6 is 0 Å². The van der Waals surface area contributed by atoms with E-state index in [9.17, 15) is 18.0 Å². The quantitative estimate of drug-likeness (QED) is 0.646. The standard InChI is InChI=1S/C18H25NO7S/c1-12(18(21)19-14-6-7-27(22,23)11-14)26-17(20)5-4-13-8-15(24-2)10-16(9-13)25-3/h8-10,12,14H,4-7,11H2,1-3H3,(H,19,21)/t12-,14-/m0/s1. The van der Waals surface area contributed by atoms with Gasteiger partial charge in [0.05, 0.1) is 25.7 Å². The molecule has 0 spiro atoms. The van der Waals surface area contributed by atoms with Crippen molar-refractivity contribution < 1.29 is 32.2 Å². The maximum Gasteiger partial charge on any atom is 0.306 e. The summed E-state index contributed by atoms with van der Waals surface area (Å²) in [5.74, 6) is 0.230. The summed E-state index contributed by atoms with van der Waals surface area (Å²) in [4.78, 5) is 24.1. The minimum absolute atomic E-state index is 0.0656. The van der Waals surface area contributed by atoms with Crippen LogP contribution in [0.1, 0.15) is 25.3 Å². The van der Waals surface area contributed by atoms with Gasteiger partial charge < -0.3 is 19.5 Å². The predicted molar refractivity (Wildman–Crippen MR) is 98.6 cm³/mol. The minimum Gasteiger partial charge on any atom is -0.497 e. The van der Waals surface area contributed by atoms with Crippen LogP contribution in [-0.4, -0.2) is 58.2 Å². The molecule has 0 saturated carbocycles. The number of carbonyl (C=O) groups is 2. The van der Waals surface area contributed by atoms with E-state index >= 15 is 0 Å². The number of hydrogen-bond acceptors (Lipinski definition) is 7. The Labute approximate surface area is 159 Å². The topological polar surface area (TPSA) is 108 Å². The number of aryl methyl sites for hydroxylation is 1. The summed E-state index contributed by atoms with van der Waals surface area (Å²) in [7, 11) is 0.00506. The molecule has 150 valence electrons. The molecule has 2 atom stereocenters. The first-order valence-corrected chi connectivity index (χ1v) is 10.5. The van der Waals surface area contributed by atoms with Gasteiger partial charge in [0, 0.05) is 18.5 Å². The molecule has 0 aromatic heterocycles. The van der Waals surface area contributed by atoms with E-state index in [2.05, 4.69) is 5.32 Å². The van der Waals surface area contributed by atoms with Gasteiger partial charge in [0.1, 0.15) is 11.5 Å². The lowest BCUT2D eigenvalue weighted by Gasteiger charge is -2.16. The fourth-order valence-electron chi connectivity index (χ4n) is 2.79. The Balaban J connectivity index is 1.82. The van der Waals surface area contributed by atoms with Crippen LogP contribution in [0.5, 0.6) is 11.5 Å². The lowest BCUT2D eigenvalue weighted by molar-refractivity contribution is -0.155. The highest BCUT2D eigenvalue weighted by Crippen LogP contribution is 2.23. The van der Waals surface area contributed by atoms with E-state index in [0.717, 1.165) is 5.56 Å². The zero-order valence-corrected chi connectivity index (χ0v) is 16.5. The van der Waals surface area contributed by atoms with E-state index in [0.29, 0.717) is 24.3 Å². The Hall–Kier alpha value is -2.29. The van der Waals surface area contributed by atoms with Crippen molar-refractivity contribution in [3.8, 4) is 11.5 Å². The molecule has 1 aromatic carbocycles. The number of carbonyl (C=O) groups excluding carboxylic acids is 2. The lowest BCUT2D eigenvalue weighted by Crippen LogP contribution is -2.42. The van der Waals surface area contributed by atoms with Gasteiger partial charge in [-0.05, 0) is 37.5 Å². The number of hydrogen-bond donors (Lipinski definition) is 1. The maximum absolute atomic E-state index is 12.1. The normalized spacial score (nSPS) is 19.1. The average molecular weight is 399 g/mol. The van der Waals surface area contributed by atoms with Crippen molar-refractivity contribution in [1.29, 1.82) is 0 Å². The molecule has 2 rings (SSSR count). The van der Waals surface area contributed by atoms with Crippen LogP contribution in [0.15, 0.2) is 18.2 Å². The highest BCUT2D eigenvalue weighted by atomic mass is 32.2. The van der Waals surface area contributed by atoms with Gasteiger partial charge in [0.25, 0.3) is 5.91 Å². The number of benzene rings is 1. The molecule has 1 aromatic rings. The number of nitrogens with one attached hydrogen (secondary N) is 1. The Morgan fingerprint density at radius 2 is 1.81 bits per heavy atom. The third kappa shape index (κ3) is 6.42. The summed E-state index contributed by atoms with van der Waals surface area (Å²) >= 11 is 0. The van der Waals surface area contributed by atoms with Crippen LogP contribution in [-0.2, 0) is 30.6 Å². The molecule has 8 nitrogen and oxygen atoms in total. The summed E-state index contributed by atoms with van der Waals surface area (Å²) in [5, 5.41) is 2.62. The van der Waals surface area contributed by atoms with Crippen molar-refractivity contribution in [3.63, 3.8) is 0 Å². The van der Waals surface area contributed by atoms with Crippen LogP contribution in [0.3, 0.4) is 0 Å². The number of ether oxygens (including phenoxy) is 3. The molecule has 0 aliphatic carbocycles. The first kappa shape index (κ1) is 21.0. The van der Waals surface area contributed by atoms with Crippen molar-refractivity contribution in [1.82, 2.24) is 5.32 Å². The largest absolute Gasteiger partial charge is 0.497 e. The molecule has 1 amide bonds. The van der Waals surface area contributed by atoms with Crippen LogP contribution in [0.2, 0.25) is 0 Å². The summed E-state index contributed by atoms with van der Waals surface area (Å²) in [5.41, 5.74) is 0.844. The number of esters is 1. The molecule has 0 unspecified atom stereocenters. The summed E-state index contributed by atoms with van der Waals surface area (Å²) < 4.78 is 38.4. The van der Waals surface area contributed by atoms with Crippen LogP contribution in [0, 0.1) is 0 Å². The van der Waals surface area contributed by atoms with Gasteiger partial charge in [-0.2, -0.15) is 0 Å². The number of rotatable bonds is 8. The van der Waals surface area contributed by atoms with E-state index in [1.165, 1.54) is 6.92 Å². The van der Waals surface area contributed by atoms with Gasteiger partial charge in [0.2, 0.25) is 0 Å². The van der Waals surface area contributed by atoms with Gasteiger partial charge in [-0.3, -0.25) is 9.59 Å². The monoisotopic (exact) mass is 399 g/mol. The van der Waals surface area contributed by atoms with Gasteiger partial charge in [-0.1, -0.05) is 0 Å². The van der Waals surface area contributed by atoms with Crippen LogP contribution < -0.4 is 14.8 Å². The van der Waals surface area contributed by atoms with E-state index in [-0.39, 0.29) is 17.9 Å². The Kier molecular flexibility index (Phi) is 7.06. The van der Waals surface area contributed by atoms with Crippen molar-refractivity contribution in [3.05, 3.63) is 23.8 Å². The molecular formula is C18H25NO7S. The first-order valence-electron chi connectivity index (χ1n) is 8.64. The second-order valence-electron chi connectivity index (χ2n) is 6.46. The molecule has 1 N–H and O–H groups in total. The van der Waals surface area contributed by atoms with Gasteiger partial charge in [-0.15, -0.1) is 0 Å². The predicted octanol–water partition coefficient (Wildman–Crippen LogP) is 0.871. The van der Waals surface area contributed by atoms with Gasteiger partial charge in [-0.25, -0.2) is 8.42 Å². The molecule has 1 heterocycles. The fourth-order valence-corrected chi connectivity index (χ4v) is 4.47.